The van der Waals surface area contributed by atoms with Gasteiger partial charge in [0.25, 0.3) is 5.91 Å². The number of nitrogens with zero attached hydrogens (tertiary/aromatic N) is 4. The summed E-state index contributed by atoms with van der Waals surface area (Å²) in [5.41, 5.74) is 1.96. The summed E-state index contributed by atoms with van der Waals surface area (Å²) in [5, 5.41) is 12.8. The van der Waals surface area contributed by atoms with E-state index < -0.39 is 24.2 Å². The van der Waals surface area contributed by atoms with Crippen LogP contribution < -0.4 is 10.2 Å². The van der Waals surface area contributed by atoms with Crippen LogP contribution in [-0.2, 0) is 15.0 Å². The Labute approximate surface area is 218 Å². The molecule has 196 valence electrons. The zero-order valence-corrected chi connectivity index (χ0v) is 21.9. The number of anilines is 1. The van der Waals surface area contributed by atoms with E-state index in [1.807, 2.05) is 18.3 Å². The lowest BCUT2D eigenvalue weighted by Gasteiger charge is -2.36. The molecular formula is C29H36FN5O2. The van der Waals surface area contributed by atoms with Crippen LogP contribution in [0.2, 0.25) is 0 Å². The second-order valence-electron chi connectivity index (χ2n) is 11.1. The molecule has 4 rings (SSSR count). The number of halogens is 1. The van der Waals surface area contributed by atoms with E-state index in [0.717, 1.165) is 37.7 Å². The van der Waals surface area contributed by atoms with Crippen molar-refractivity contribution >= 4 is 17.5 Å². The van der Waals surface area contributed by atoms with Gasteiger partial charge in [-0.05, 0) is 48.4 Å². The van der Waals surface area contributed by atoms with Gasteiger partial charge in [0.05, 0.1) is 0 Å². The van der Waals surface area contributed by atoms with Crippen LogP contribution in [0, 0.1) is 11.5 Å². The Balaban J connectivity index is 1.80. The number of benzene rings is 1. The van der Waals surface area contributed by atoms with Gasteiger partial charge in [-0.1, -0.05) is 58.2 Å². The molecule has 3 atom stereocenters. The van der Waals surface area contributed by atoms with Crippen LogP contribution in [0.15, 0.2) is 48.8 Å². The fourth-order valence-electron chi connectivity index (χ4n) is 5.31. The molecule has 7 nitrogen and oxygen atoms in total. The topological polar surface area (TPSA) is 89.3 Å². The number of nitrogens with one attached hydrogen (secondary N) is 1. The van der Waals surface area contributed by atoms with E-state index in [1.54, 1.807) is 36.7 Å². The van der Waals surface area contributed by atoms with Crippen molar-refractivity contribution in [2.75, 3.05) is 11.4 Å². The largest absolute Gasteiger partial charge is 0.351 e. The lowest BCUT2D eigenvalue weighted by molar-refractivity contribution is -0.129. The molecule has 0 bridgehead atoms. The number of carbonyl (C=O) groups is 2. The number of hydrogen-bond donors (Lipinski definition) is 1. The maximum absolute atomic E-state index is 15.1. The van der Waals surface area contributed by atoms with Crippen molar-refractivity contribution in [1.29, 1.82) is 5.26 Å². The van der Waals surface area contributed by atoms with Crippen LogP contribution >= 0.6 is 0 Å². The zero-order valence-electron chi connectivity index (χ0n) is 21.9. The Kier molecular flexibility index (Phi) is 8.11. The lowest BCUT2D eigenvalue weighted by Crippen LogP contribution is -2.53. The molecule has 37 heavy (non-hydrogen) atoms. The molecule has 2 fully saturated rings. The second kappa shape index (κ2) is 11.3. The van der Waals surface area contributed by atoms with Crippen LogP contribution in [0.5, 0.6) is 0 Å². The lowest BCUT2D eigenvalue weighted by atomic mass is 9.87. The minimum atomic E-state index is -1.50. The number of alkyl halides is 1. The van der Waals surface area contributed by atoms with Crippen molar-refractivity contribution in [3.8, 4) is 6.19 Å². The smallest absolute Gasteiger partial charge is 0.254 e. The summed E-state index contributed by atoms with van der Waals surface area (Å²) in [6.45, 7) is 6.45. The monoisotopic (exact) mass is 505 g/mol. The maximum atomic E-state index is 15.1. The molecule has 2 heterocycles. The molecule has 1 saturated carbocycles. The van der Waals surface area contributed by atoms with Crippen LogP contribution in [0.1, 0.15) is 76.5 Å². The number of rotatable bonds is 6. The summed E-state index contributed by atoms with van der Waals surface area (Å²) in [6.07, 6.45) is 8.74. The molecule has 1 N–H and O–H groups in total. The first-order chi connectivity index (χ1) is 17.7. The standard InChI is InChI=1S/C29H36FN5O2/c1-29(2,3)21-11-13-23(14-12-21)35(28(37)26-24(30)15-17-34(26)19-31)25(20-8-7-16-32-18-20)27(36)33-22-9-5-4-6-10-22/h7-8,11-14,16,18,22,24-26H,4-6,9-10,15,17H2,1-3H3,(H,33,36). The molecule has 2 aliphatic rings. The van der Waals surface area contributed by atoms with E-state index in [9.17, 15) is 14.9 Å². The quantitative estimate of drug-likeness (QED) is 0.570. The van der Waals surface area contributed by atoms with E-state index in [0.29, 0.717) is 11.3 Å². The van der Waals surface area contributed by atoms with E-state index in [1.165, 1.54) is 9.80 Å². The number of amides is 2. The highest BCUT2D eigenvalue weighted by atomic mass is 19.1. The third-order valence-electron chi connectivity index (χ3n) is 7.41. The summed E-state index contributed by atoms with van der Waals surface area (Å²) >= 11 is 0. The van der Waals surface area contributed by atoms with Crippen molar-refractivity contribution in [1.82, 2.24) is 15.2 Å². The maximum Gasteiger partial charge on any atom is 0.254 e. The Bertz CT molecular complexity index is 1120. The molecule has 0 spiro atoms. The number of aromatic nitrogens is 1. The Morgan fingerprint density at radius 3 is 2.43 bits per heavy atom. The Hall–Kier alpha value is -3.47. The molecule has 8 heteroatoms. The first-order valence-corrected chi connectivity index (χ1v) is 13.1. The molecule has 0 radical (unpaired) electrons. The molecule has 3 unspecified atom stereocenters. The normalized spacial score (nSPS) is 21.2. The number of carbonyl (C=O) groups excluding carboxylic acids is 2. The SMILES string of the molecule is CC(C)(C)c1ccc(N(C(=O)C2C(F)CCN2C#N)C(C(=O)NC2CCCCC2)c2cccnc2)cc1. The minimum Gasteiger partial charge on any atom is -0.351 e. The highest BCUT2D eigenvalue weighted by molar-refractivity contribution is 6.04. The van der Waals surface area contributed by atoms with Gasteiger partial charge in [-0.15, -0.1) is 0 Å². The van der Waals surface area contributed by atoms with Crippen molar-refractivity contribution in [3.05, 3.63) is 59.9 Å². The fraction of sp³-hybridized carbons (Fsp3) is 0.517. The van der Waals surface area contributed by atoms with Gasteiger partial charge in [0, 0.05) is 36.2 Å². The fourth-order valence-corrected chi connectivity index (χ4v) is 5.31. The highest BCUT2D eigenvalue weighted by Gasteiger charge is 2.45. The molecule has 1 aromatic heterocycles. The van der Waals surface area contributed by atoms with Gasteiger partial charge in [-0.25, -0.2) is 4.39 Å². The summed E-state index contributed by atoms with van der Waals surface area (Å²) in [4.78, 5) is 34.8. The molecule has 1 aromatic carbocycles. The van der Waals surface area contributed by atoms with Gasteiger partial charge >= 0.3 is 0 Å². The van der Waals surface area contributed by atoms with Gasteiger partial charge in [0.2, 0.25) is 5.91 Å². The van der Waals surface area contributed by atoms with Crippen LogP contribution in [0.25, 0.3) is 0 Å². The Morgan fingerprint density at radius 2 is 1.84 bits per heavy atom. The van der Waals surface area contributed by atoms with Crippen LogP contribution in [0.4, 0.5) is 10.1 Å². The summed E-state index contributed by atoms with van der Waals surface area (Å²) in [6, 6.07) is 8.62. The molecule has 2 amide bonds. The summed E-state index contributed by atoms with van der Waals surface area (Å²) in [5.74, 6) is -0.937. The first-order valence-electron chi connectivity index (χ1n) is 13.1. The van der Waals surface area contributed by atoms with Crippen LogP contribution in [-0.4, -0.2) is 46.5 Å². The first kappa shape index (κ1) is 26.6. The molecule has 1 aliphatic carbocycles. The predicted molar refractivity (Wildman–Crippen MR) is 140 cm³/mol. The average Bonchev–Trinajstić information content (AvgIpc) is 3.27. The van der Waals surface area contributed by atoms with Gasteiger partial charge in [-0.3, -0.25) is 24.4 Å². The molecular weight excluding hydrogens is 469 g/mol. The summed E-state index contributed by atoms with van der Waals surface area (Å²) in [7, 11) is 0. The minimum absolute atomic E-state index is 0.0247. The molecule has 1 saturated heterocycles. The van der Waals surface area contributed by atoms with Gasteiger partial charge in [0.1, 0.15) is 18.3 Å². The third kappa shape index (κ3) is 5.93. The predicted octanol–water partition coefficient (Wildman–Crippen LogP) is 4.80. The van der Waals surface area contributed by atoms with Gasteiger partial charge in [0.15, 0.2) is 6.19 Å². The van der Waals surface area contributed by atoms with E-state index in [2.05, 4.69) is 31.1 Å². The number of pyridine rings is 1. The average molecular weight is 506 g/mol. The second-order valence-corrected chi connectivity index (χ2v) is 11.1. The van der Waals surface area contributed by atoms with Gasteiger partial charge in [-0.2, -0.15) is 5.26 Å². The van der Waals surface area contributed by atoms with Crippen molar-refractivity contribution in [2.24, 2.45) is 0 Å². The third-order valence-corrected chi connectivity index (χ3v) is 7.41. The van der Waals surface area contributed by atoms with Crippen molar-refractivity contribution in [3.63, 3.8) is 0 Å². The van der Waals surface area contributed by atoms with Gasteiger partial charge < -0.3 is 5.32 Å². The zero-order chi connectivity index (χ0) is 26.6. The number of hydrogen-bond acceptors (Lipinski definition) is 5. The van der Waals surface area contributed by atoms with Crippen molar-refractivity contribution in [2.45, 2.75) is 89.0 Å². The molecule has 1 aliphatic heterocycles. The Morgan fingerprint density at radius 1 is 1.14 bits per heavy atom. The number of nitriles is 1. The van der Waals surface area contributed by atoms with E-state index in [4.69, 9.17) is 0 Å². The highest BCUT2D eigenvalue weighted by Crippen LogP contribution is 2.34. The van der Waals surface area contributed by atoms with E-state index in [-0.39, 0.29) is 30.3 Å². The van der Waals surface area contributed by atoms with Crippen molar-refractivity contribution < 1.29 is 14.0 Å². The van der Waals surface area contributed by atoms with Crippen LogP contribution in [0.3, 0.4) is 0 Å². The molecule has 2 aromatic rings. The summed E-state index contributed by atoms with van der Waals surface area (Å²) < 4.78 is 15.1. The number of likely N-dealkylation sites (tertiary alicyclic amines) is 1. The van der Waals surface area contributed by atoms with E-state index >= 15 is 4.39 Å².